The Hall–Kier alpha value is -2.63. The van der Waals surface area contributed by atoms with E-state index in [-0.39, 0.29) is 0 Å². The van der Waals surface area contributed by atoms with Crippen molar-refractivity contribution in [2.45, 2.75) is 53.4 Å². The minimum absolute atomic E-state index is 0.422. The molecule has 1 atom stereocenters. The van der Waals surface area contributed by atoms with Crippen molar-refractivity contribution in [2.24, 2.45) is 5.92 Å². The number of amides is 1. The Bertz CT molecular complexity index is 728. The number of hydrogen-bond acceptors (Lipinski definition) is 5. The second-order valence-electron chi connectivity index (χ2n) is 6.82. The van der Waals surface area contributed by atoms with Gasteiger partial charge in [-0.1, -0.05) is 39.2 Å². The van der Waals surface area contributed by atoms with Crippen LogP contribution in [-0.4, -0.2) is 22.7 Å². The number of carbonyl (C=O) groups is 1. The number of aromatic nitrogens is 2. The van der Waals surface area contributed by atoms with Gasteiger partial charge in [-0.3, -0.25) is 5.32 Å². The summed E-state index contributed by atoms with van der Waals surface area (Å²) in [6.07, 6.45) is 4.01. The number of nitrogens with zero attached hydrogens (tertiary/aromatic N) is 2. The van der Waals surface area contributed by atoms with E-state index in [1.165, 1.54) is 0 Å². The van der Waals surface area contributed by atoms with E-state index < -0.39 is 6.09 Å². The first-order chi connectivity index (χ1) is 13.0. The van der Waals surface area contributed by atoms with Crippen molar-refractivity contribution in [3.63, 3.8) is 0 Å². The summed E-state index contributed by atoms with van der Waals surface area (Å²) in [6, 6.07) is 9.33. The molecule has 146 valence electrons. The summed E-state index contributed by atoms with van der Waals surface area (Å²) in [7, 11) is 0. The largest absolute Gasteiger partial charge is 0.449 e. The molecular formula is C21H30N4O2. The van der Waals surface area contributed by atoms with Crippen molar-refractivity contribution in [1.29, 1.82) is 0 Å². The molecule has 0 fully saturated rings. The fourth-order valence-corrected chi connectivity index (χ4v) is 2.83. The van der Waals surface area contributed by atoms with E-state index in [2.05, 4.69) is 34.4 Å². The van der Waals surface area contributed by atoms with Crippen molar-refractivity contribution in [1.82, 2.24) is 9.97 Å². The average Bonchev–Trinajstić information content (AvgIpc) is 2.61. The summed E-state index contributed by atoms with van der Waals surface area (Å²) in [5.74, 6) is 0.958. The molecule has 0 saturated carbocycles. The summed E-state index contributed by atoms with van der Waals surface area (Å²) in [5, 5.41) is 5.95. The first-order valence-corrected chi connectivity index (χ1v) is 9.63. The molecule has 0 spiro atoms. The molecule has 0 radical (unpaired) electrons. The minimum Gasteiger partial charge on any atom is -0.449 e. The van der Waals surface area contributed by atoms with Gasteiger partial charge in [0.05, 0.1) is 6.61 Å². The molecule has 0 aliphatic heterocycles. The van der Waals surface area contributed by atoms with Gasteiger partial charge in [-0.15, -0.1) is 0 Å². The number of rotatable bonds is 9. The van der Waals surface area contributed by atoms with Crippen LogP contribution in [0.3, 0.4) is 0 Å². The quantitative estimate of drug-likeness (QED) is 0.600. The maximum atomic E-state index is 12.1. The zero-order valence-electron chi connectivity index (χ0n) is 16.7. The topological polar surface area (TPSA) is 76.1 Å². The monoisotopic (exact) mass is 370 g/mol. The molecule has 2 aromatic rings. The fraction of sp³-hybridized carbons (Fsp3) is 0.476. The number of carbonyl (C=O) groups excluding carboxylic acids is 1. The Morgan fingerprint density at radius 2 is 1.81 bits per heavy atom. The van der Waals surface area contributed by atoms with Gasteiger partial charge in [0.15, 0.2) is 0 Å². The third-order valence-corrected chi connectivity index (χ3v) is 4.34. The summed E-state index contributed by atoms with van der Waals surface area (Å²) in [4.78, 5) is 20.8. The molecule has 0 saturated heterocycles. The van der Waals surface area contributed by atoms with Crippen LogP contribution in [-0.2, 0) is 4.74 Å². The predicted molar refractivity (Wildman–Crippen MR) is 110 cm³/mol. The third kappa shape index (κ3) is 7.25. The highest BCUT2D eigenvalue weighted by Gasteiger charge is 2.10. The Balaban J connectivity index is 1.91. The lowest BCUT2D eigenvalue weighted by atomic mass is 10.0. The van der Waals surface area contributed by atoms with Crippen molar-refractivity contribution >= 4 is 23.4 Å². The standard InChI is InChI=1S/C21H30N4O2/c1-5-7-9-17(6-2)14-27-21(26)25-19-11-8-10-18(13-19)24-20-22-15(3)12-16(4)23-20/h8,10-13,17H,5-7,9,14H2,1-4H3,(H,25,26)(H,22,23,24). The number of aryl methyl sites for hydroxylation is 2. The van der Waals surface area contributed by atoms with Gasteiger partial charge in [0.2, 0.25) is 5.95 Å². The SMILES string of the molecule is CCCCC(CC)COC(=O)Nc1cccc(Nc2nc(C)cc(C)n2)c1. The van der Waals surface area contributed by atoms with Crippen LogP contribution in [0, 0.1) is 19.8 Å². The smallest absolute Gasteiger partial charge is 0.411 e. The highest BCUT2D eigenvalue weighted by molar-refractivity contribution is 5.85. The summed E-state index contributed by atoms with van der Waals surface area (Å²) < 4.78 is 5.39. The molecule has 1 aromatic heterocycles. The third-order valence-electron chi connectivity index (χ3n) is 4.34. The van der Waals surface area contributed by atoms with E-state index in [1.807, 2.05) is 44.2 Å². The van der Waals surface area contributed by atoms with Crippen LogP contribution in [0.2, 0.25) is 0 Å². The van der Waals surface area contributed by atoms with Gasteiger partial charge in [0.1, 0.15) is 0 Å². The fourth-order valence-electron chi connectivity index (χ4n) is 2.83. The lowest BCUT2D eigenvalue weighted by Gasteiger charge is -2.15. The van der Waals surface area contributed by atoms with Crippen molar-refractivity contribution < 1.29 is 9.53 Å². The molecule has 1 unspecified atom stereocenters. The number of ether oxygens (including phenoxy) is 1. The molecule has 27 heavy (non-hydrogen) atoms. The zero-order valence-corrected chi connectivity index (χ0v) is 16.7. The second-order valence-corrected chi connectivity index (χ2v) is 6.82. The van der Waals surface area contributed by atoms with E-state index in [0.29, 0.717) is 24.2 Å². The number of anilines is 3. The van der Waals surface area contributed by atoms with Gasteiger partial charge in [-0.2, -0.15) is 0 Å². The molecule has 6 nitrogen and oxygen atoms in total. The van der Waals surface area contributed by atoms with Crippen LogP contribution >= 0.6 is 0 Å². The molecule has 0 aliphatic rings. The molecule has 0 bridgehead atoms. The second kappa shape index (κ2) is 10.5. The van der Waals surface area contributed by atoms with E-state index in [4.69, 9.17) is 4.74 Å². The molecule has 1 aromatic carbocycles. The minimum atomic E-state index is -0.426. The van der Waals surface area contributed by atoms with Gasteiger partial charge >= 0.3 is 6.09 Å². The van der Waals surface area contributed by atoms with Crippen molar-refractivity contribution in [2.75, 3.05) is 17.2 Å². The number of benzene rings is 1. The predicted octanol–water partition coefficient (Wildman–Crippen LogP) is 5.60. The number of hydrogen-bond donors (Lipinski definition) is 2. The van der Waals surface area contributed by atoms with Gasteiger partial charge in [0, 0.05) is 22.8 Å². The number of nitrogens with one attached hydrogen (secondary N) is 2. The normalized spacial score (nSPS) is 11.7. The molecule has 6 heteroatoms. The van der Waals surface area contributed by atoms with Crippen LogP contribution < -0.4 is 10.6 Å². The van der Waals surface area contributed by atoms with Gasteiger partial charge in [-0.05, 0) is 50.5 Å². The first kappa shape index (κ1) is 20.7. The van der Waals surface area contributed by atoms with Crippen LogP contribution in [0.5, 0.6) is 0 Å². The molecule has 2 N–H and O–H groups in total. The van der Waals surface area contributed by atoms with Gasteiger partial charge in [-0.25, -0.2) is 14.8 Å². The van der Waals surface area contributed by atoms with E-state index >= 15 is 0 Å². The highest BCUT2D eigenvalue weighted by atomic mass is 16.5. The van der Waals surface area contributed by atoms with E-state index in [1.54, 1.807) is 0 Å². The Morgan fingerprint density at radius 1 is 1.11 bits per heavy atom. The Labute approximate surface area is 161 Å². The lowest BCUT2D eigenvalue weighted by molar-refractivity contribution is 0.136. The zero-order chi connectivity index (χ0) is 19.6. The van der Waals surface area contributed by atoms with Crippen LogP contribution in [0.1, 0.15) is 50.9 Å². The molecule has 1 amide bonds. The van der Waals surface area contributed by atoms with Gasteiger partial charge in [0.25, 0.3) is 0 Å². The number of unbranched alkanes of at least 4 members (excludes halogenated alkanes) is 1. The summed E-state index contributed by atoms with van der Waals surface area (Å²) in [5.41, 5.74) is 3.26. The van der Waals surface area contributed by atoms with Crippen molar-refractivity contribution in [3.05, 3.63) is 41.7 Å². The lowest BCUT2D eigenvalue weighted by Crippen LogP contribution is -2.18. The average molecular weight is 370 g/mol. The molecular weight excluding hydrogens is 340 g/mol. The maximum Gasteiger partial charge on any atom is 0.411 e. The molecule has 2 rings (SSSR count). The Kier molecular flexibility index (Phi) is 8.04. The van der Waals surface area contributed by atoms with Crippen LogP contribution in [0.25, 0.3) is 0 Å². The summed E-state index contributed by atoms with van der Waals surface area (Å²) >= 11 is 0. The van der Waals surface area contributed by atoms with E-state index in [9.17, 15) is 4.79 Å². The van der Waals surface area contributed by atoms with Crippen molar-refractivity contribution in [3.8, 4) is 0 Å². The first-order valence-electron chi connectivity index (χ1n) is 9.63. The van der Waals surface area contributed by atoms with Crippen LogP contribution in [0.15, 0.2) is 30.3 Å². The highest BCUT2D eigenvalue weighted by Crippen LogP contribution is 2.19. The van der Waals surface area contributed by atoms with Gasteiger partial charge < -0.3 is 10.1 Å². The summed E-state index contributed by atoms with van der Waals surface area (Å²) in [6.45, 7) is 8.61. The van der Waals surface area contributed by atoms with E-state index in [0.717, 1.165) is 42.8 Å². The maximum absolute atomic E-state index is 12.1. The molecule has 0 aliphatic carbocycles. The molecule has 1 heterocycles. The van der Waals surface area contributed by atoms with Crippen LogP contribution in [0.4, 0.5) is 22.1 Å². The Morgan fingerprint density at radius 3 is 2.48 bits per heavy atom.